The van der Waals surface area contributed by atoms with E-state index in [2.05, 4.69) is 20.5 Å². The Bertz CT molecular complexity index is 472. The highest BCUT2D eigenvalue weighted by Crippen LogP contribution is 2.24. The van der Waals surface area contributed by atoms with E-state index in [4.69, 9.17) is 11.6 Å². The summed E-state index contributed by atoms with van der Waals surface area (Å²) < 4.78 is 0. The molecule has 1 aromatic rings. The lowest BCUT2D eigenvalue weighted by Crippen LogP contribution is -2.49. The summed E-state index contributed by atoms with van der Waals surface area (Å²) in [7, 11) is 1.50. The van der Waals surface area contributed by atoms with Crippen molar-refractivity contribution in [3.8, 4) is 0 Å². The topological polar surface area (TPSA) is 62.5 Å². The Labute approximate surface area is 137 Å². The van der Waals surface area contributed by atoms with Crippen molar-refractivity contribution in [2.24, 2.45) is 5.73 Å². The van der Waals surface area contributed by atoms with Crippen molar-refractivity contribution in [1.82, 2.24) is 9.88 Å². The normalized spacial score (nSPS) is 19.7. The Morgan fingerprint density at radius 2 is 1.91 bits per heavy atom. The highest BCUT2D eigenvalue weighted by atomic mass is 35.5. The van der Waals surface area contributed by atoms with Gasteiger partial charge in [0, 0.05) is 38.3 Å². The number of carbonyl (C=O) groups excluding carboxylic acids is 1. The average molecular weight is 325 g/mol. The van der Waals surface area contributed by atoms with Crippen LogP contribution in [0.2, 0.25) is 5.02 Å². The fourth-order valence-electron chi connectivity index (χ4n) is 3.17. The summed E-state index contributed by atoms with van der Waals surface area (Å²) >= 11 is 5.87. The predicted molar refractivity (Wildman–Crippen MR) is 90.2 cm³/mol. The van der Waals surface area contributed by atoms with Crippen LogP contribution in [0.3, 0.4) is 0 Å². The van der Waals surface area contributed by atoms with Crippen LogP contribution in [0.25, 0.3) is 0 Å². The van der Waals surface area contributed by atoms with Gasteiger partial charge in [0.1, 0.15) is 5.82 Å². The van der Waals surface area contributed by atoms with E-state index in [0.29, 0.717) is 17.0 Å². The quantitative estimate of drug-likeness (QED) is 0.906. The first-order valence-electron chi connectivity index (χ1n) is 7.98. The maximum Gasteiger partial charge on any atom is 0.222 e. The minimum Gasteiger partial charge on any atom is -0.356 e. The van der Waals surface area contributed by atoms with Crippen LogP contribution >= 0.6 is 11.6 Å². The van der Waals surface area contributed by atoms with E-state index in [1.165, 1.54) is 7.05 Å². The first-order valence-corrected chi connectivity index (χ1v) is 8.35. The van der Waals surface area contributed by atoms with Gasteiger partial charge in [0.05, 0.1) is 5.02 Å². The molecule has 2 N–H and O–H groups in total. The summed E-state index contributed by atoms with van der Waals surface area (Å²) in [6, 6.07) is 4.27. The molecular formula is C16H25ClN4O. The van der Waals surface area contributed by atoms with E-state index >= 15 is 0 Å². The van der Waals surface area contributed by atoms with Gasteiger partial charge < -0.3 is 15.5 Å². The molecule has 0 atom stereocenters. The minimum atomic E-state index is 0.347. The van der Waals surface area contributed by atoms with Gasteiger partial charge in [-0.1, -0.05) is 11.6 Å². The molecule has 2 saturated heterocycles. The lowest BCUT2D eigenvalue weighted by molar-refractivity contribution is -0.136. The van der Waals surface area contributed by atoms with Crippen molar-refractivity contribution in [1.29, 1.82) is 0 Å². The van der Waals surface area contributed by atoms with E-state index in [-0.39, 0.29) is 0 Å². The third-order valence-corrected chi connectivity index (χ3v) is 4.52. The lowest BCUT2D eigenvalue weighted by atomic mass is 9.99. The summed E-state index contributed by atoms with van der Waals surface area (Å²) in [5, 5.41) is 0.669. The van der Waals surface area contributed by atoms with Crippen molar-refractivity contribution in [3.05, 3.63) is 23.4 Å². The maximum atomic E-state index is 12.0. The van der Waals surface area contributed by atoms with Gasteiger partial charge in [-0.25, -0.2) is 4.98 Å². The minimum absolute atomic E-state index is 0.347. The number of hydrogen-bond donors (Lipinski definition) is 1. The molecule has 0 unspecified atom stereocenters. The number of aromatic nitrogens is 1. The van der Waals surface area contributed by atoms with Gasteiger partial charge in [-0.05, 0) is 44.9 Å². The van der Waals surface area contributed by atoms with Crippen LogP contribution in [0, 0.1) is 0 Å². The van der Waals surface area contributed by atoms with Crippen molar-refractivity contribution >= 4 is 23.3 Å². The van der Waals surface area contributed by atoms with Crippen LogP contribution in [-0.4, -0.2) is 48.5 Å². The number of anilines is 1. The summed E-state index contributed by atoms with van der Waals surface area (Å²) in [6.45, 7) is 2.87. The third-order valence-electron chi connectivity index (χ3n) is 4.30. The largest absolute Gasteiger partial charge is 0.356 e. The molecule has 0 aromatic carbocycles. The first kappa shape index (κ1) is 17.0. The van der Waals surface area contributed by atoms with Crippen molar-refractivity contribution < 1.29 is 4.79 Å². The number of piperidine rings is 2. The van der Waals surface area contributed by atoms with Gasteiger partial charge in [0.15, 0.2) is 0 Å². The molecule has 3 heterocycles. The molecule has 5 nitrogen and oxygen atoms in total. The molecule has 1 amide bonds. The molecule has 2 fully saturated rings. The number of rotatable bonds is 2. The van der Waals surface area contributed by atoms with Crippen LogP contribution in [0.1, 0.15) is 32.1 Å². The molecule has 22 heavy (non-hydrogen) atoms. The van der Waals surface area contributed by atoms with Gasteiger partial charge in [0.25, 0.3) is 0 Å². The Morgan fingerprint density at radius 1 is 1.18 bits per heavy atom. The molecule has 1 aromatic heterocycles. The molecular weight excluding hydrogens is 300 g/mol. The third kappa shape index (κ3) is 4.11. The van der Waals surface area contributed by atoms with Crippen molar-refractivity contribution in [3.63, 3.8) is 0 Å². The van der Waals surface area contributed by atoms with E-state index < -0.39 is 0 Å². The molecule has 2 aliphatic heterocycles. The Morgan fingerprint density at radius 3 is 2.50 bits per heavy atom. The zero-order valence-corrected chi connectivity index (χ0v) is 13.9. The number of likely N-dealkylation sites (tertiary alicyclic amines) is 1. The number of nitrogens with zero attached hydrogens (tertiary/aromatic N) is 3. The fraction of sp³-hybridized carbons (Fsp3) is 0.625. The predicted octanol–water partition coefficient (Wildman–Crippen LogP) is 2.29. The van der Waals surface area contributed by atoms with Crippen molar-refractivity contribution in [2.75, 3.05) is 31.6 Å². The lowest BCUT2D eigenvalue weighted by Gasteiger charge is -2.40. The Balaban J connectivity index is 0.000000847. The highest BCUT2D eigenvalue weighted by Gasteiger charge is 2.29. The smallest absolute Gasteiger partial charge is 0.222 e. The van der Waals surface area contributed by atoms with Gasteiger partial charge in [-0.2, -0.15) is 0 Å². The van der Waals surface area contributed by atoms with Crippen LogP contribution in [0.15, 0.2) is 18.3 Å². The number of halogens is 1. The molecule has 6 heteroatoms. The van der Waals surface area contributed by atoms with E-state index in [1.54, 1.807) is 6.20 Å². The van der Waals surface area contributed by atoms with Crippen molar-refractivity contribution in [2.45, 2.75) is 38.1 Å². The van der Waals surface area contributed by atoms with E-state index in [0.717, 1.165) is 57.6 Å². The second kappa shape index (κ2) is 8.34. The zero-order chi connectivity index (χ0) is 15.9. The van der Waals surface area contributed by atoms with Gasteiger partial charge >= 0.3 is 0 Å². The number of hydrogen-bond acceptors (Lipinski definition) is 4. The number of nitrogens with two attached hydrogens (primary N) is 1. The molecule has 0 aliphatic carbocycles. The zero-order valence-electron chi connectivity index (χ0n) is 13.2. The molecule has 122 valence electrons. The highest BCUT2D eigenvalue weighted by molar-refractivity contribution is 6.30. The molecule has 0 saturated carbocycles. The maximum absolute atomic E-state index is 12.0. The van der Waals surface area contributed by atoms with E-state index in [9.17, 15) is 4.79 Å². The molecule has 3 rings (SSSR count). The molecule has 2 aliphatic rings. The first-order chi connectivity index (χ1) is 10.7. The molecule has 0 bridgehead atoms. The Kier molecular flexibility index (Phi) is 6.46. The van der Waals surface area contributed by atoms with Gasteiger partial charge in [-0.15, -0.1) is 0 Å². The SMILES string of the molecule is CN.O=C1CCCCN1C1CCN(c2ccc(Cl)cn2)CC1. The fourth-order valence-corrected chi connectivity index (χ4v) is 3.29. The average Bonchev–Trinajstić information content (AvgIpc) is 2.58. The summed E-state index contributed by atoms with van der Waals surface area (Å²) in [5.74, 6) is 1.33. The summed E-state index contributed by atoms with van der Waals surface area (Å²) in [5.41, 5.74) is 4.50. The van der Waals surface area contributed by atoms with Gasteiger partial charge in [-0.3, -0.25) is 4.79 Å². The van der Waals surface area contributed by atoms with Crippen LogP contribution in [0.5, 0.6) is 0 Å². The monoisotopic (exact) mass is 324 g/mol. The van der Waals surface area contributed by atoms with Crippen LogP contribution in [-0.2, 0) is 4.79 Å². The number of carbonyl (C=O) groups is 1. The summed E-state index contributed by atoms with van der Waals surface area (Å²) in [4.78, 5) is 20.7. The second-order valence-corrected chi connectivity index (χ2v) is 6.03. The number of amides is 1. The number of pyridine rings is 1. The van der Waals surface area contributed by atoms with Crippen LogP contribution in [0.4, 0.5) is 5.82 Å². The standard InChI is InChI=1S/C15H20ClN3O.CH5N/c16-12-4-5-14(17-11-12)18-9-6-13(7-10-18)19-8-2-1-3-15(19)20;1-2/h4-5,11,13H,1-3,6-10H2;2H2,1H3. The molecule has 0 spiro atoms. The van der Waals surface area contributed by atoms with E-state index in [1.807, 2.05) is 12.1 Å². The Hall–Kier alpha value is -1.33. The van der Waals surface area contributed by atoms with Crippen LogP contribution < -0.4 is 10.6 Å². The second-order valence-electron chi connectivity index (χ2n) is 5.60. The van der Waals surface area contributed by atoms with Gasteiger partial charge in [0.2, 0.25) is 5.91 Å². The molecule has 0 radical (unpaired) electrons. The summed E-state index contributed by atoms with van der Waals surface area (Å²) in [6.07, 6.45) is 6.72.